The smallest absolute Gasteiger partial charge is 0.222 e. The first-order chi connectivity index (χ1) is 10.2. The van der Waals surface area contributed by atoms with Crippen molar-refractivity contribution in [2.75, 3.05) is 13.2 Å². The highest BCUT2D eigenvalue weighted by Gasteiger charge is 2.27. The first-order valence-electron chi connectivity index (χ1n) is 7.20. The number of fused-ring (bicyclic) bond motifs is 1. The minimum Gasteiger partial charge on any atom is -0.491 e. The second-order valence-corrected chi connectivity index (χ2v) is 5.43. The number of carbonyl (C=O) groups is 1. The molecule has 112 valence electrons. The van der Waals surface area contributed by atoms with E-state index < -0.39 is 0 Å². The zero-order valence-corrected chi connectivity index (χ0v) is 12.7. The molecule has 1 amide bonds. The number of nitrogens with zero attached hydrogens (tertiary/aromatic N) is 2. The maximum absolute atomic E-state index is 11.5. The number of nitrogens with one attached hydrogen (secondary N) is 1. The molecule has 0 radical (unpaired) electrons. The first kappa shape index (κ1) is 14.2. The number of hydrogen-bond donors (Lipinski definition) is 1. The third-order valence-electron chi connectivity index (χ3n) is 3.66. The summed E-state index contributed by atoms with van der Waals surface area (Å²) in [6.45, 7) is 3.35. The zero-order valence-electron chi connectivity index (χ0n) is 11.9. The van der Waals surface area contributed by atoms with E-state index >= 15 is 0 Å². The Hall–Kier alpha value is -1.75. The fourth-order valence-corrected chi connectivity index (χ4v) is 2.93. The molecule has 2 heterocycles. The number of hydrogen-bond acceptors (Lipinski definition) is 3. The standard InChI is InChI=1S/C15H18ClN3O2/c1-2-6-21-12-5-3-4-11-15(12)18-13(8-16)19(11)10-7-14(20)17-9-10/h3-5,10H,2,6-9H2,1H3,(H,17,20). The van der Waals surface area contributed by atoms with E-state index in [4.69, 9.17) is 16.3 Å². The van der Waals surface area contributed by atoms with Crippen LogP contribution in [0.25, 0.3) is 11.0 Å². The zero-order chi connectivity index (χ0) is 14.8. The fraction of sp³-hybridized carbons (Fsp3) is 0.467. The van der Waals surface area contributed by atoms with Crippen molar-refractivity contribution in [3.63, 3.8) is 0 Å². The number of amides is 1. The van der Waals surface area contributed by atoms with Crippen molar-refractivity contribution >= 4 is 28.5 Å². The number of carbonyl (C=O) groups excluding carboxylic acids is 1. The molecule has 0 bridgehead atoms. The van der Waals surface area contributed by atoms with Gasteiger partial charge in [0.05, 0.1) is 24.0 Å². The lowest BCUT2D eigenvalue weighted by Gasteiger charge is -2.14. The predicted molar refractivity (Wildman–Crippen MR) is 81.7 cm³/mol. The van der Waals surface area contributed by atoms with E-state index in [1.807, 2.05) is 18.2 Å². The van der Waals surface area contributed by atoms with Crippen LogP contribution in [0.2, 0.25) is 0 Å². The Morgan fingerprint density at radius 2 is 2.38 bits per heavy atom. The topological polar surface area (TPSA) is 56.1 Å². The van der Waals surface area contributed by atoms with Gasteiger partial charge in [0, 0.05) is 13.0 Å². The van der Waals surface area contributed by atoms with E-state index in [-0.39, 0.29) is 11.9 Å². The number of ether oxygens (including phenoxy) is 1. The van der Waals surface area contributed by atoms with Gasteiger partial charge in [-0.3, -0.25) is 4.79 Å². The lowest BCUT2D eigenvalue weighted by atomic mass is 10.2. The van der Waals surface area contributed by atoms with Gasteiger partial charge >= 0.3 is 0 Å². The highest BCUT2D eigenvalue weighted by Crippen LogP contribution is 2.31. The molecular formula is C15H18ClN3O2. The van der Waals surface area contributed by atoms with Gasteiger partial charge in [0.15, 0.2) is 0 Å². The van der Waals surface area contributed by atoms with Crippen molar-refractivity contribution in [3.8, 4) is 5.75 Å². The molecule has 1 aromatic carbocycles. The number of alkyl halides is 1. The summed E-state index contributed by atoms with van der Waals surface area (Å²) in [5.41, 5.74) is 1.79. The van der Waals surface area contributed by atoms with E-state index in [1.54, 1.807) is 0 Å². The summed E-state index contributed by atoms with van der Waals surface area (Å²) in [7, 11) is 0. The SMILES string of the molecule is CCCOc1cccc2c1nc(CCl)n2C1CNC(=O)C1. The number of halogens is 1. The molecule has 1 N–H and O–H groups in total. The van der Waals surface area contributed by atoms with Crippen LogP contribution in [0.5, 0.6) is 5.75 Å². The second-order valence-electron chi connectivity index (χ2n) is 5.17. The van der Waals surface area contributed by atoms with Gasteiger partial charge in [-0.15, -0.1) is 11.6 Å². The number of aromatic nitrogens is 2. The maximum atomic E-state index is 11.5. The third-order valence-corrected chi connectivity index (χ3v) is 3.90. The summed E-state index contributed by atoms with van der Waals surface area (Å²) in [5, 5.41) is 2.86. The number of para-hydroxylation sites is 1. The van der Waals surface area contributed by atoms with Crippen LogP contribution in [-0.4, -0.2) is 28.6 Å². The van der Waals surface area contributed by atoms with Crippen molar-refractivity contribution in [3.05, 3.63) is 24.0 Å². The molecule has 2 aromatic rings. The van der Waals surface area contributed by atoms with E-state index in [0.29, 0.717) is 25.5 Å². The van der Waals surface area contributed by atoms with E-state index in [9.17, 15) is 4.79 Å². The largest absolute Gasteiger partial charge is 0.491 e. The van der Waals surface area contributed by atoms with Gasteiger partial charge in [0.25, 0.3) is 0 Å². The van der Waals surface area contributed by atoms with Crippen LogP contribution in [0, 0.1) is 0 Å². The van der Waals surface area contributed by atoms with Gasteiger partial charge in [-0.25, -0.2) is 4.98 Å². The van der Waals surface area contributed by atoms with Gasteiger partial charge in [0.1, 0.15) is 17.1 Å². The number of rotatable bonds is 5. The monoisotopic (exact) mass is 307 g/mol. The predicted octanol–water partition coefficient (Wildman–Crippen LogP) is 2.62. The quantitative estimate of drug-likeness (QED) is 0.864. The Morgan fingerprint density at radius 1 is 1.52 bits per heavy atom. The molecule has 1 unspecified atom stereocenters. The Morgan fingerprint density at radius 3 is 3.05 bits per heavy atom. The highest BCUT2D eigenvalue weighted by molar-refractivity contribution is 6.17. The maximum Gasteiger partial charge on any atom is 0.222 e. The summed E-state index contributed by atoms with van der Waals surface area (Å²) in [6.07, 6.45) is 1.41. The second kappa shape index (κ2) is 5.93. The fourth-order valence-electron chi connectivity index (χ4n) is 2.74. The van der Waals surface area contributed by atoms with Gasteiger partial charge in [-0.1, -0.05) is 13.0 Å². The van der Waals surface area contributed by atoms with Gasteiger partial charge in [-0.05, 0) is 18.6 Å². The van der Waals surface area contributed by atoms with Gasteiger partial charge in [-0.2, -0.15) is 0 Å². The molecular weight excluding hydrogens is 290 g/mol. The Bertz CT molecular complexity index is 668. The minimum atomic E-state index is 0.0673. The lowest BCUT2D eigenvalue weighted by molar-refractivity contribution is -0.119. The molecule has 3 rings (SSSR count). The summed E-state index contributed by atoms with van der Waals surface area (Å²) in [4.78, 5) is 16.1. The van der Waals surface area contributed by atoms with Gasteiger partial charge < -0.3 is 14.6 Å². The third kappa shape index (κ3) is 2.58. The van der Waals surface area contributed by atoms with Crippen LogP contribution in [0.3, 0.4) is 0 Å². The van der Waals surface area contributed by atoms with Crippen LogP contribution in [0.15, 0.2) is 18.2 Å². The van der Waals surface area contributed by atoms with Crippen molar-refractivity contribution in [1.29, 1.82) is 0 Å². The van der Waals surface area contributed by atoms with Crippen LogP contribution in [-0.2, 0) is 10.7 Å². The summed E-state index contributed by atoms with van der Waals surface area (Å²) in [6, 6.07) is 5.94. The Balaban J connectivity index is 2.08. The highest BCUT2D eigenvalue weighted by atomic mass is 35.5. The Labute approximate surface area is 128 Å². The molecule has 1 saturated heterocycles. The van der Waals surface area contributed by atoms with Crippen LogP contribution >= 0.6 is 11.6 Å². The van der Waals surface area contributed by atoms with Gasteiger partial charge in [0.2, 0.25) is 5.91 Å². The van der Waals surface area contributed by atoms with Crippen molar-refractivity contribution < 1.29 is 9.53 Å². The average Bonchev–Trinajstić information content (AvgIpc) is 3.07. The molecule has 0 aliphatic carbocycles. The molecule has 6 heteroatoms. The molecule has 0 saturated carbocycles. The lowest BCUT2D eigenvalue weighted by Crippen LogP contribution is -2.16. The van der Waals surface area contributed by atoms with E-state index in [2.05, 4.69) is 21.8 Å². The normalized spacial score (nSPS) is 18.2. The summed E-state index contributed by atoms with van der Waals surface area (Å²) >= 11 is 6.05. The molecule has 5 nitrogen and oxygen atoms in total. The molecule has 1 aliphatic heterocycles. The van der Waals surface area contributed by atoms with Crippen molar-refractivity contribution in [2.24, 2.45) is 0 Å². The summed E-state index contributed by atoms with van der Waals surface area (Å²) < 4.78 is 7.83. The summed E-state index contributed by atoms with van der Waals surface area (Å²) in [5.74, 6) is 1.94. The number of imidazole rings is 1. The first-order valence-corrected chi connectivity index (χ1v) is 7.73. The van der Waals surface area contributed by atoms with Crippen molar-refractivity contribution in [2.45, 2.75) is 31.7 Å². The van der Waals surface area contributed by atoms with Crippen molar-refractivity contribution in [1.82, 2.24) is 14.9 Å². The minimum absolute atomic E-state index is 0.0673. The van der Waals surface area contributed by atoms with E-state index in [1.165, 1.54) is 0 Å². The van der Waals surface area contributed by atoms with Crippen LogP contribution in [0.1, 0.15) is 31.6 Å². The molecule has 1 aromatic heterocycles. The van der Waals surface area contributed by atoms with Crippen LogP contribution in [0.4, 0.5) is 0 Å². The Kier molecular flexibility index (Phi) is 4.01. The van der Waals surface area contributed by atoms with E-state index in [0.717, 1.165) is 29.0 Å². The molecule has 0 spiro atoms. The average molecular weight is 308 g/mol. The van der Waals surface area contributed by atoms with Crippen LogP contribution < -0.4 is 10.1 Å². The number of benzene rings is 1. The molecule has 1 fully saturated rings. The molecule has 1 aliphatic rings. The molecule has 1 atom stereocenters. The molecule has 21 heavy (non-hydrogen) atoms.